The molecule has 5 aromatic rings. The molecule has 0 N–H and O–H groups in total. The average Bonchev–Trinajstić information content (AvgIpc) is 3.36. The first-order chi connectivity index (χ1) is 19.9. The van der Waals surface area contributed by atoms with Crippen molar-refractivity contribution in [2.24, 2.45) is 0 Å². The summed E-state index contributed by atoms with van der Waals surface area (Å²) >= 11 is 0. The average molecular weight is 567 g/mol. The molecule has 0 amide bonds. The number of ether oxygens (including phenoxy) is 1. The van der Waals surface area contributed by atoms with E-state index in [1.807, 2.05) is 56.3 Å². The van der Waals surface area contributed by atoms with E-state index in [1.54, 1.807) is 16.4 Å². The van der Waals surface area contributed by atoms with Gasteiger partial charge in [-0.2, -0.15) is 4.31 Å². The molecule has 0 atom stereocenters. The van der Waals surface area contributed by atoms with Crippen LogP contribution in [0.1, 0.15) is 18.2 Å². The van der Waals surface area contributed by atoms with Gasteiger partial charge in [0.1, 0.15) is 11.4 Å². The monoisotopic (exact) mass is 566 g/mol. The Hall–Kier alpha value is -3.98. The second kappa shape index (κ2) is 11.5. The van der Waals surface area contributed by atoms with Gasteiger partial charge in [0.05, 0.1) is 22.9 Å². The Morgan fingerprint density at radius 1 is 0.805 bits per heavy atom. The minimum Gasteiger partial charge on any atom is -0.494 e. The maximum atomic E-state index is 13.3. The predicted octanol–water partition coefficient (Wildman–Crippen LogP) is 5.88. The first-order valence-electron chi connectivity index (χ1n) is 14.0. The van der Waals surface area contributed by atoms with Gasteiger partial charge in [0.2, 0.25) is 10.0 Å². The standard InChI is InChI=1S/C33H34N4O3S/c1-3-40-29-11-7-10-27(22-29)28-14-17-32-34-33(26-8-5-4-6-9-26)31(37(32)23-28)24-35-18-20-36(21-19-35)41(38,39)30-15-12-25(2)13-16-30/h4-17,22-23H,3,18-21,24H2,1-2H3. The van der Waals surface area contributed by atoms with Crippen molar-refractivity contribution in [3.8, 4) is 28.1 Å². The van der Waals surface area contributed by atoms with Crippen LogP contribution in [-0.4, -0.2) is 59.8 Å². The first-order valence-corrected chi connectivity index (χ1v) is 15.5. The normalized spacial score (nSPS) is 14.9. The van der Waals surface area contributed by atoms with Gasteiger partial charge in [-0.3, -0.25) is 4.90 Å². The quantitative estimate of drug-likeness (QED) is 0.235. The highest BCUT2D eigenvalue weighted by molar-refractivity contribution is 7.89. The van der Waals surface area contributed by atoms with Gasteiger partial charge in [-0.25, -0.2) is 13.4 Å². The maximum Gasteiger partial charge on any atom is 0.243 e. The van der Waals surface area contributed by atoms with Crippen LogP contribution in [0.5, 0.6) is 5.75 Å². The summed E-state index contributed by atoms with van der Waals surface area (Å²) in [6.45, 7) is 7.40. The molecule has 0 unspecified atom stereocenters. The highest BCUT2D eigenvalue weighted by Gasteiger charge is 2.29. The highest BCUT2D eigenvalue weighted by Crippen LogP contribution is 2.30. The second-order valence-corrected chi connectivity index (χ2v) is 12.3. The van der Waals surface area contributed by atoms with Crippen LogP contribution in [0.4, 0.5) is 0 Å². The topological polar surface area (TPSA) is 67.2 Å². The van der Waals surface area contributed by atoms with E-state index in [2.05, 4.69) is 51.9 Å². The molecule has 0 radical (unpaired) electrons. The van der Waals surface area contributed by atoms with Crippen molar-refractivity contribution in [1.82, 2.24) is 18.6 Å². The zero-order valence-corrected chi connectivity index (χ0v) is 24.2. The van der Waals surface area contributed by atoms with Gasteiger partial charge in [-0.15, -0.1) is 0 Å². The molecule has 0 saturated carbocycles. The van der Waals surface area contributed by atoms with Gasteiger partial charge in [0.15, 0.2) is 0 Å². The number of hydrogen-bond acceptors (Lipinski definition) is 5. The Kier molecular flexibility index (Phi) is 7.62. The van der Waals surface area contributed by atoms with Gasteiger partial charge < -0.3 is 9.14 Å². The molecule has 2 aromatic heterocycles. The number of pyridine rings is 1. The summed E-state index contributed by atoms with van der Waals surface area (Å²) in [7, 11) is -3.52. The molecule has 210 valence electrons. The molecule has 3 heterocycles. The number of benzene rings is 3. The third kappa shape index (κ3) is 5.63. The highest BCUT2D eigenvalue weighted by atomic mass is 32.2. The fourth-order valence-corrected chi connectivity index (χ4v) is 6.80. The van der Waals surface area contributed by atoms with Gasteiger partial charge >= 0.3 is 0 Å². The van der Waals surface area contributed by atoms with Crippen molar-refractivity contribution in [2.45, 2.75) is 25.3 Å². The second-order valence-electron chi connectivity index (χ2n) is 10.4. The van der Waals surface area contributed by atoms with E-state index in [0.29, 0.717) is 44.2 Å². The molecule has 3 aromatic carbocycles. The van der Waals surface area contributed by atoms with Crippen molar-refractivity contribution >= 4 is 15.7 Å². The largest absolute Gasteiger partial charge is 0.494 e. The molecule has 0 aliphatic carbocycles. The lowest BCUT2D eigenvalue weighted by atomic mass is 10.1. The van der Waals surface area contributed by atoms with E-state index in [1.165, 1.54) is 0 Å². The molecule has 8 heteroatoms. The van der Waals surface area contributed by atoms with Crippen molar-refractivity contribution in [1.29, 1.82) is 0 Å². The fourth-order valence-electron chi connectivity index (χ4n) is 5.37. The van der Waals surface area contributed by atoms with E-state index in [-0.39, 0.29) is 0 Å². The molecule has 7 nitrogen and oxygen atoms in total. The minimum atomic E-state index is -3.52. The Labute approximate surface area is 241 Å². The maximum absolute atomic E-state index is 13.3. The molecule has 1 aliphatic rings. The zero-order chi connectivity index (χ0) is 28.4. The van der Waals surface area contributed by atoms with Gasteiger partial charge in [-0.1, -0.05) is 60.2 Å². The van der Waals surface area contributed by atoms with E-state index in [4.69, 9.17) is 9.72 Å². The van der Waals surface area contributed by atoms with E-state index in [9.17, 15) is 8.42 Å². The number of imidazole rings is 1. The Morgan fingerprint density at radius 2 is 1.54 bits per heavy atom. The first kappa shape index (κ1) is 27.2. The number of piperazine rings is 1. The van der Waals surface area contributed by atoms with Crippen LogP contribution in [0.2, 0.25) is 0 Å². The Bertz CT molecular complexity index is 1760. The fraction of sp³-hybridized carbons (Fsp3) is 0.242. The van der Waals surface area contributed by atoms with Crippen LogP contribution in [0.15, 0.2) is 102 Å². The van der Waals surface area contributed by atoms with Gasteiger partial charge in [0.25, 0.3) is 0 Å². The summed E-state index contributed by atoms with van der Waals surface area (Å²) in [5.74, 6) is 0.847. The lowest BCUT2D eigenvalue weighted by molar-refractivity contribution is 0.180. The van der Waals surface area contributed by atoms with E-state index < -0.39 is 10.0 Å². The number of rotatable bonds is 8. The van der Waals surface area contributed by atoms with Crippen LogP contribution < -0.4 is 4.74 Å². The number of fused-ring (bicyclic) bond motifs is 1. The van der Waals surface area contributed by atoms with Crippen LogP contribution in [0.3, 0.4) is 0 Å². The molecule has 0 bridgehead atoms. The SMILES string of the molecule is CCOc1cccc(-c2ccc3nc(-c4ccccc4)c(CN4CCN(S(=O)(=O)c5ccc(C)cc5)CC4)n3c2)c1. The molecule has 0 spiro atoms. The number of hydrogen-bond donors (Lipinski definition) is 0. The summed E-state index contributed by atoms with van der Waals surface area (Å²) < 4.78 is 36.0. The summed E-state index contributed by atoms with van der Waals surface area (Å²) in [4.78, 5) is 7.71. The molecular weight excluding hydrogens is 532 g/mol. The molecule has 1 saturated heterocycles. The van der Waals surface area contributed by atoms with Crippen LogP contribution in [-0.2, 0) is 16.6 Å². The zero-order valence-electron chi connectivity index (χ0n) is 23.4. The van der Waals surface area contributed by atoms with Crippen molar-refractivity contribution < 1.29 is 13.2 Å². The summed E-state index contributed by atoms with van der Waals surface area (Å²) in [5, 5.41) is 0. The van der Waals surface area contributed by atoms with Crippen molar-refractivity contribution in [3.63, 3.8) is 0 Å². The van der Waals surface area contributed by atoms with Gasteiger partial charge in [0, 0.05) is 44.5 Å². The summed E-state index contributed by atoms with van der Waals surface area (Å²) in [6, 6.07) is 29.6. The molecular formula is C33H34N4O3S. The number of sulfonamides is 1. The predicted molar refractivity (Wildman–Crippen MR) is 162 cm³/mol. The third-order valence-electron chi connectivity index (χ3n) is 7.61. The smallest absolute Gasteiger partial charge is 0.243 e. The molecule has 6 rings (SSSR count). The van der Waals surface area contributed by atoms with E-state index >= 15 is 0 Å². The third-order valence-corrected chi connectivity index (χ3v) is 9.52. The lowest BCUT2D eigenvalue weighted by Gasteiger charge is -2.34. The molecule has 1 aliphatic heterocycles. The summed E-state index contributed by atoms with van der Waals surface area (Å²) in [6.07, 6.45) is 2.15. The molecule has 1 fully saturated rings. The summed E-state index contributed by atoms with van der Waals surface area (Å²) in [5.41, 5.74) is 7.17. The van der Waals surface area contributed by atoms with E-state index in [0.717, 1.165) is 45.0 Å². The number of aromatic nitrogens is 2. The van der Waals surface area contributed by atoms with Crippen molar-refractivity contribution in [3.05, 3.63) is 108 Å². The number of aryl methyl sites for hydroxylation is 1. The molecule has 41 heavy (non-hydrogen) atoms. The van der Waals surface area contributed by atoms with Crippen molar-refractivity contribution in [2.75, 3.05) is 32.8 Å². The lowest BCUT2D eigenvalue weighted by Crippen LogP contribution is -2.48. The Balaban J connectivity index is 1.30. The number of nitrogens with zero attached hydrogens (tertiary/aromatic N) is 4. The van der Waals surface area contributed by atoms with Crippen LogP contribution >= 0.6 is 0 Å². The Morgan fingerprint density at radius 3 is 2.27 bits per heavy atom. The van der Waals surface area contributed by atoms with Gasteiger partial charge in [-0.05, 0) is 61.4 Å². The van der Waals surface area contributed by atoms with Crippen LogP contribution in [0.25, 0.3) is 28.0 Å². The van der Waals surface area contributed by atoms with Crippen LogP contribution in [0, 0.1) is 6.92 Å². The minimum absolute atomic E-state index is 0.352.